The Hall–Kier alpha value is -2.41. The van der Waals surface area contributed by atoms with Crippen molar-refractivity contribution in [2.75, 3.05) is 0 Å². The van der Waals surface area contributed by atoms with Crippen molar-refractivity contribution in [2.45, 2.75) is 6.54 Å². The van der Waals surface area contributed by atoms with Crippen molar-refractivity contribution in [3.63, 3.8) is 0 Å². The first-order valence-corrected chi connectivity index (χ1v) is 6.44. The van der Waals surface area contributed by atoms with Gasteiger partial charge < -0.3 is 5.32 Å². The largest absolute Gasteiger partial charge is 0.345 e. The second kappa shape index (κ2) is 5.92. The second-order valence-electron chi connectivity index (χ2n) is 4.40. The molecular weight excluding hydrogens is 296 g/mol. The molecular formula is C13H13ClN4O3. The van der Waals surface area contributed by atoms with Crippen molar-refractivity contribution in [1.29, 1.82) is 0 Å². The number of aromatic nitrogens is 3. The molecule has 1 N–H and O–H groups in total. The highest BCUT2D eigenvalue weighted by molar-refractivity contribution is 6.29. The first-order chi connectivity index (χ1) is 9.90. The van der Waals surface area contributed by atoms with Crippen LogP contribution in [0.25, 0.3) is 0 Å². The normalized spacial score (nSPS) is 10.4. The van der Waals surface area contributed by atoms with E-state index in [4.69, 9.17) is 11.6 Å². The molecule has 1 amide bonds. The van der Waals surface area contributed by atoms with Gasteiger partial charge in [0.1, 0.15) is 10.8 Å². The van der Waals surface area contributed by atoms with Crippen LogP contribution in [-0.2, 0) is 20.6 Å². The van der Waals surface area contributed by atoms with Gasteiger partial charge in [0.15, 0.2) is 0 Å². The number of amides is 1. The number of nitrogens with one attached hydrogen (secondary N) is 1. The maximum absolute atomic E-state index is 11.9. The molecule has 0 spiro atoms. The summed E-state index contributed by atoms with van der Waals surface area (Å²) in [6.07, 6.45) is 0. The van der Waals surface area contributed by atoms with Gasteiger partial charge >= 0.3 is 5.69 Å². The summed E-state index contributed by atoms with van der Waals surface area (Å²) in [7, 11) is 2.92. The zero-order valence-corrected chi connectivity index (χ0v) is 12.2. The van der Waals surface area contributed by atoms with E-state index in [0.717, 1.165) is 4.57 Å². The predicted octanol–water partition coefficient (Wildman–Crippen LogP) is 0.0624. The molecule has 0 aliphatic rings. The lowest BCUT2D eigenvalue weighted by Crippen LogP contribution is -2.39. The lowest BCUT2D eigenvalue weighted by Gasteiger charge is -2.10. The predicted molar refractivity (Wildman–Crippen MR) is 77.3 cm³/mol. The fraction of sp³-hybridized carbons (Fsp3) is 0.231. The van der Waals surface area contributed by atoms with Gasteiger partial charge in [-0.15, -0.1) is 0 Å². The number of halogens is 1. The highest BCUT2D eigenvalue weighted by Gasteiger charge is 2.10. The zero-order chi connectivity index (χ0) is 15.6. The van der Waals surface area contributed by atoms with Crippen LogP contribution in [0, 0.1) is 0 Å². The fourth-order valence-electron chi connectivity index (χ4n) is 1.74. The van der Waals surface area contributed by atoms with Gasteiger partial charge in [-0.05, 0) is 12.1 Å². The van der Waals surface area contributed by atoms with Crippen LogP contribution in [0.2, 0.25) is 5.15 Å². The SMILES string of the molecule is Cn1c(CNC(=O)c2cccc(Cl)n2)cc(=O)n(C)c1=O. The summed E-state index contributed by atoms with van der Waals surface area (Å²) in [6, 6.07) is 5.98. The molecule has 0 radical (unpaired) electrons. The molecule has 2 aromatic heterocycles. The number of rotatable bonds is 3. The van der Waals surface area contributed by atoms with Crippen LogP contribution in [0.5, 0.6) is 0 Å². The van der Waals surface area contributed by atoms with Crippen LogP contribution in [0.1, 0.15) is 16.2 Å². The number of hydrogen-bond donors (Lipinski definition) is 1. The smallest absolute Gasteiger partial charge is 0.330 e. The summed E-state index contributed by atoms with van der Waals surface area (Å²) in [5, 5.41) is 2.80. The third-order valence-electron chi connectivity index (χ3n) is 3.00. The van der Waals surface area contributed by atoms with Gasteiger partial charge in [-0.2, -0.15) is 0 Å². The van der Waals surface area contributed by atoms with Gasteiger partial charge in [0.2, 0.25) is 0 Å². The van der Waals surface area contributed by atoms with Gasteiger partial charge in [-0.1, -0.05) is 17.7 Å². The molecule has 0 aromatic carbocycles. The molecule has 2 rings (SSSR count). The Balaban J connectivity index is 2.19. The summed E-state index contributed by atoms with van der Waals surface area (Å²) >= 11 is 5.71. The highest BCUT2D eigenvalue weighted by Crippen LogP contribution is 2.05. The number of carbonyl (C=O) groups excluding carboxylic acids is 1. The third-order valence-corrected chi connectivity index (χ3v) is 3.21. The van der Waals surface area contributed by atoms with Crippen molar-refractivity contribution >= 4 is 17.5 Å². The number of pyridine rings is 1. The minimum Gasteiger partial charge on any atom is -0.345 e. The number of nitrogens with zero attached hydrogens (tertiary/aromatic N) is 3. The molecule has 0 atom stereocenters. The van der Waals surface area contributed by atoms with Crippen molar-refractivity contribution in [2.24, 2.45) is 14.1 Å². The van der Waals surface area contributed by atoms with Crippen LogP contribution < -0.4 is 16.6 Å². The molecule has 0 fully saturated rings. The average molecular weight is 309 g/mol. The zero-order valence-electron chi connectivity index (χ0n) is 11.5. The monoisotopic (exact) mass is 308 g/mol. The molecule has 0 unspecified atom stereocenters. The van der Waals surface area contributed by atoms with Crippen LogP contribution >= 0.6 is 11.6 Å². The van der Waals surface area contributed by atoms with Crippen molar-refractivity contribution in [3.8, 4) is 0 Å². The maximum Gasteiger partial charge on any atom is 0.330 e. The topological polar surface area (TPSA) is 86.0 Å². The molecule has 2 heterocycles. The fourth-order valence-corrected chi connectivity index (χ4v) is 1.91. The van der Waals surface area contributed by atoms with E-state index in [0.29, 0.717) is 5.69 Å². The van der Waals surface area contributed by atoms with E-state index in [1.807, 2.05) is 0 Å². The van der Waals surface area contributed by atoms with Crippen LogP contribution in [0.15, 0.2) is 33.9 Å². The summed E-state index contributed by atoms with van der Waals surface area (Å²) in [5.41, 5.74) is -0.314. The van der Waals surface area contributed by atoms with E-state index in [1.54, 1.807) is 12.1 Å². The first-order valence-electron chi connectivity index (χ1n) is 6.07. The van der Waals surface area contributed by atoms with Crippen LogP contribution in [0.4, 0.5) is 0 Å². The van der Waals surface area contributed by atoms with E-state index in [2.05, 4.69) is 10.3 Å². The third kappa shape index (κ3) is 3.19. The standard InChI is InChI=1S/C13H13ClN4O3/c1-17-8(6-11(19)18(2)13(17)21)7-15-12(20)9-4-3-5-10(14)16-9/h3-6H,7H2,1-2H3,(H,15,20). The Morgan fingerprint density at radius 1 is 1.29 bits per heavy atom. The minimum atomic E-state index is -0.451. The van der Waals surface area contributed by atoms with Gasteiger partial charge in [0.05, 0.1) is 6.54 Å². The molecule has 8 heteroatoms. The Morgan fingerprint density at radius 3 is 2.67 bits per heavy atom. The minimum absolute atomic E-state index is 0.0366. The number of carbonyl (C=O) groups is 1. The highest BCUT2D eigenvalue weighted by atomic mass is 35.5. The molecule has 7 nitrogen and oxygen atoms in total. The Bertz CT molecular complexity index is 810. The molecule has 2 aromatic rings. The lowest BCUT2D eigenvalue weighted by atomic mass is 10.3. The van der Waals surface area contributed by atoms with Gasteiger partial charge in [0, 0.05) is 25.9 Å². The molecule has 0 saturated carbocycles. The first kappa shape index (κ1) is 15.0. The summed E-state index contributed by atoms with van der Waals surface area (Å²) in [5.74, 6) is -0.439. The van der Waals surface area contributed by atoms with Crippen LogP contribution in [0.3, 0.4) is 0 Å². The molecule has 0 saturated heterocycles. The molecule has 0 aliphatic heterocycles. The molecule has 21 heavy (non-hydrogen) atoms. The summed E-state index contributed by atoms with van der Waals surface area (Å²) in [6.45, 7) is 0.0366. The Morgan fingerprint density at radius 2 is 2.00 bits per heavy atom. The van der Waals surface area contributed by atoms with E-state index >= 15 is 0 Å². The summed E-state index contributed by atoms with van der Waals surface area (Å²) < 4.78 is 2.29. The van der Waals surface area contributed by atoms with Crippen molar-refractivity contribution in [3.05, 3.63) is 61.6 Å². The van der Waals surface area contributed by atoms with E-state index in [9.17, 15) is 14.4 Å². The molecule has 0 bridgehead atoms. The number of hydrogen-bond acceptors (Lipinski definition) is 4. The van der Waals surface area contributed by atoms with Gasteiger partial charge in [-0.3, -0.25) is 18.7 Å². The summed E-state index contributed by atoms with van der Waals surface area (Å²) in [4.78, 5) is 39.1. The molecule has 110 valence electrons. The maximum atomic E-state index is 11.9. The lowest BCUT2D eigenvalue weighted by molar-refractivity contribution is 0.0945. The van der Waals surface area contributed by atoms with E-state index in [1.165, 1.54) is 30.8 Å². The average Bonchev–Trinajstić information content (AvgIpc) is 2.47. The van der Waals surface area contributed by atoms with Gasteiger partial charge in [-0.25, -0.2) is 9.78 Å². The van der Waals surface area contributed by atoms with Crippen LogP contribution in [-0.4, -0.2) is 20.0 Å². The van der Waals surface area contributed by atoms with Crippen molar-refractivity contribution in [1.82, 2.24) is 19.4 Å². The Labute approximate surface area is 124 Å². The van der Waals surface area contributed by atoms with E-state index in [-0.39, 0.29) is 17.4 Å². The molecule has 0 aliphatic carbocycles. The second-order valence-corrected chi connectivity index (χ2v) is 4.79. The van der Waals surface area contributed by atoms with E-state index < -0.39 is 17.2 Å². The Kier molecular flexibility index (Phi) is 4.23. The van der Waals surface area contributed by atoms with Gasteiger partial charge in [0.25, 0.3) is 11.5 Å². The quantitative estimate of drug-likeness (QED) is 0.813. The van der Waals surface area contributed by atoms with Crippen molar-refractivity contribution < 1.29 is 4.79 Å².